The highest BCUT2D eigenvalue weighted by molar-refractivity contribution is 5.88. The zero-order valence-corrected chi connectivity index (χ0v) is 19.8. The Morgan fingerprint density at radius 2 is 1.43 bits per heavy atom. The second kappa shape index (κ2) is 9.36. The van der Waals surface area contributed by atoms with E-state index in [1.54, 1.807) is 0 Å². The van der Waals surface area contributed by atoms with Crippen LogP contribution in [0, 0.1) is 0 Å². The van der Waals surface area contributed by atoms with Crippen molar-refractivity contribution >= 4 is 18.0 Å². The molecule has 3 N–H and O–H groups in total. The number of carbonyl (C=O) groups is 3. The molecule has 0 aliphatic heterocycles. The quantitative estimate of drug-likeness (QED) is 0.535. The molecule has 7 heteroatoms. The Labute approximate surface area is 205 Å². The van der Waals surface area contributed by atoms with Crippen LogP contribution in [0.3, 0.4) is 0 Å². The van der Waals surface area contributed by atoms with Crippen LogP contribution in [-0.4, -0.2) is 40.8 Å². The molecule has 2 amide bonds. The van der Waals surface area contributed by atoms with Crippen molar-refractivity contribution < 1.29 is 24.2 Å². The van der Waals surface area contributed by atoms with Gasteiger partial charge in [0.05, 0.1) is 5.54 Å². The summed E-state index contributed by atoms with van der Waals surface area (Å²) in [5, 5.41) is 15.3. The van der Waals surface area contributed by atoms with E-state index >= 15 is 0 Å². The highest BCUT2D eigenvalue weighted by Gasteiger charge is 2.47. The number of fused-ring (bicyclic) bond motifs is 3. The monoisotopic (exact) mass is 476 g/mol. The predicted molar refractivity (Wildman–Crippen MR) is 131 cm³/mol. The van der Waals surface area contributed by atoms with E-state index in [0.717, 1.165) is 36.8 Å². The Morgan fingerprint density at radius 1 is 0.829 bits per heavy atom. The lowest BCUT2D eigenvalue weighted by atomic mass is 9.75. The lowest BCUT2D eigenvalue weighted by Crippen LogP contribution is -2.61. The third kappa shape index (κ3) is 4.51. The van der Waals surface area contributed by atoms with Gasteiger partial charge in [-0.05, 0) is 54.4 Å². The molecule has 5 rings (SSSR count). The summed E-state index contributed by atoms with van der Waals surface area (Å²) in [7, 11) is 0. The minimum Gasteiger partial charge on any atom is -0.480 e. The Kier molecular flexibility index (Phi) is 6.26. The van der Waals surface area contributed by atoms with E-state index in [1.807, 2.05) is 24.3 Å². The molecule has 0 unspecified atom stereocenters. The number of amides is 2. The SMILES string of the molecule is O=C(CC1(NC(=O)OCC2c3ccccc3-c3ccccc32)CCCCC1)NC1(C(=O)O)CCC1. The van der Waals surface area contributed by atoms with Gasteiger partial charge in [-0.3, -0.25) is 4.79 Å². The number of ether oxygens (including phenoxy) is 1. The number of carboxylic acids is 1. The number of nitrogens with one attached hydrogen (secondary N) is 2. The summed E-state index contributed by atoms with van der Waals surface area (Å²) in [4.78, 5) is 37.5. The van der Waals surface area contributed by atoms with Gasteiger partial charge >= 0.3 is 12.1 Å². The van der Waals surface area contributed by atoms with Gasteiger partial charge in [0.2, 0.25) is 5.91 Å². The third-order valence-corrected chi connectivity index (χ3v) is 8.02. The van der Waals surface area contributed by atoms with Gasteiger partial charge in [-0.2, -0.15) is 0 Å². The van der Waals surface area contributed by atoms with Crippen molar-refractivity contribution in [2.75, 3.05) is 6.61 Å². The summed E-state index contributed by atoms with van der Waals surface area (Å²) in [6.45, 7) is 0.213. The average molecular weight is 477 g/mol. The van der Waals surface area contributed by atoms with E-state index < -0.39 is 23.1 Å². The minimum absolute atomic E-state index is 0.0344. The minimum atomic E-state index is -1.16. The number of alkyl carbamates (subject to hydrolysis) is 1. The summed E-state index contributed by atoms with van der Waals surface area (Å²) in [6.07, 6.45) is 5.41. The molecule has 2 fully saturated rings. The number of benzene rings is 2. The Hall–Kier alpha value is -3.35. The van der Waals surface area contributed by atoms with Gasteiger partial charge in [0.1, 0.15) is 12.1 Å². The van der Waals surface area contributed by atoms with E-state index in [9.17, 15) is 19.5 Å². The molecule has 2 aromatic carbocycles. The van der Waals surface area contributed by atoms with Crippen LogP contribution in [-0.2, 0) is 14.3 Å². The van der Waals surface area contributed by atoms with Crippen molar-refractivity contribution in [3.05, 3.63) is 59.7 Å². The molecule has 0 saturated heterocycles. The van der Waals surface area contributed by atoms with Crippen molar-refractivity contribution in [3.8, 4) is 11.1 Å². The highest BCUT2D eigenvalue weighted by atomic mass is 16.5. The first-order valence-electron chi connectivity index (χ1n) is 12.6. The second-order valence-corrected chi connectivity index (χ2v) is 10.3. The maximum absolute atomic E-state index is 13.0. The molecule has 7 nitrogen and oxygen atoms in total. The van der Waals surface area contributed by atoms with Gasteiger partial charge in [-0.1, -0.05) is 67.8 Å². The van der Waals surface area contributed by atoms with Crippen molar-refractivity contribution in [3.63, 3.8) is 0 Å². The first-order chi connectivity index (χ1) is 16.9. The number of hydrogen-bond donors (Lipinski definition) is 3. The topological polar surface area (TPSA) is 105 Å². The fourth-order valence-corrected chi connectivity index (χ4v) is 5.97. The van der Waals surface area contributed by atoms with E-state index in [4.69, 9.17) is 4.74 Å². The van der Waals surface area contributed by atoms with Crippen molar-refractivity contribution in [1.29, 1.82) is 0 Å². The Morgan fingerprint density at radius 3 is 1.97 bits per heavy atom. The highest BCUT2D eigenvalue weighted by Crippen LogP contribution is 2.44. The molecule has 0 atom stereocenters. The maximum atomic E-state index is 13.0. The van der Waals surface area contributed by atoms with Crippen LogP contribution in [0.4, 0.5) is 4.79 Å². The van der Waals surface area contributed by atoms with Crippen LogP contribution in [0.2, 0.25) is 0 Å². The van der Waals surface area contributed by atoms with Crippen LogP contribution in [0.25, 0.3) is 11.1 Å². The fraction of sp³-hybridized carbons (Fsp3) is 0.464. The molecule has 0 spiro atoms. The number of carboxylic acid groups (broad SMARTS) is 1. The lowest BCUT2D eigenvalue weighted by Gasteiger charge is -2.41. The Balaban J connectivity index is 1.25. The van der Waals surface area contributed by atoms with E-state index in [1.165, 1.54) is 11.1 Å². The van der Waals surface area contributed by atoms with Crippen molar-refractivity contribution in [2.45, 2.75) is 74.8 Å². The third-order valence-electron chi connectivity index (χ3n) is 8.02. The van der Waals surface area contributed by atoms with Crippen LogP contribution in [0.5, 0.6) is 0 Å². The molecule has 0 heterocycles. The van der Waals surface area contributed by atoms with E-state index in [2.05, 4.69) is 34.9 Å². The molecular formula is C28H32N2O5. The zero-order chi connectivity index (χ0) is 24.5. The molecule has 2 aromatic rings. The molecule has 184 valence electrons. The standard InChI is InChI=1S/C28H32N2O5/c31-24(29-28(25(32)33)15-8-16-28)17-27(13-6-1-7-14-27)30-26(34)35-18-23-21-11-4-2-9-19(21)20-10-3-5-12-22(20)23/h2-5,9-12,23H,1,6-8,13-18H2,(H,29,31)(H,30,34)(H,32,33). The molecule has 0 bridgehead atoms. The number of carbonyl (C=O) groups excluding carboxylic acids is 2. The van der Waals surface area contributed by atoms with Crippen molar-refractivity contribution in [1.82, 2.24) is 10.6 Å². The van der Waals surface area contributed by atoms with Crippen LogP contribution in [0.1, 0.15) is 74.8 Å². The molecular weight excluding hydrogens is 444 g/mol. The van der Waals surface area contributed by atoms with Gasteiger partial charge in [-0.25, -0.2) is 9.59 Å². The fourth-order valence-electron chi connectivity index (χ4n) is 5.97. The summed E-state index contributed by atoms with van der Waals surface area (Å²) in [5.41, 5.74) is 2.76. The largest absolute Gasteiger partial charge is 0.480 e. The van der Waals surface area contributed by atoms with E-state index in [0.29, 0.717) is 25.7 Å². The molecule has 35 heavy (non-hydrogen) atoms. The lowest BCUT2D eigenvalue weighted by molar-refractivity contribution is -0.152. The molecule has 2 saturated carbocycles. The zero-order valence-electron chi connectivity index (χ0n) is 19.8. The van der Waals surface area contributed by atoms with Crippen LogP contribution in [0.15, 0.2) is 48.5 Å². The van der Waals surface area contributed by atoms with Gasteiger partial charge in [-0.15, -0.1) is 0 Å². The molecule has 3 aliphatic rings. The second-order valence-electron chi connectivity index (χ2n) is 10.3. The summed E-state index contributed by atoms with van der Waals surface area (Å²) < 4.78 is 5.74. The van der Waals surface area contributed by atoms with Gasteiger partial charge in [0.25, 0.3) is 0 Å². The maximum Gasteiger partial charge on any atom is 0.407 e. The summed E-state index contributed by atoms with van der Waals surface area (Å²) in [6, 6.07) is 16.4. The van der Waals surface area contributed by atoms with Gasteiger partial charge in [0.15, 0.2) is 0 Å². The molecule has 3 aliphatic carbocycles. The van der Waals surface area contributed by atoms with E-state index in [-0.39, 0.29) is 24.9 Å². The predicted octanol–water partition coefficient (Wildman–Crippen LogP) is 4.74. The smallest absolute Gasteiger partial charge is 0.407 e. The first kappa shape index (κ1) is 23.4. The average Bonchev–Trinajstić information content (AvgIpc) is 3.14. The van der Waals surface area contributed by atoms with Gasteiger partial charge in [0, 0.05) is 12.3 Å². The normalized spacial score (nSPS) is 19.5. The van der Waals surface area contributed by atoms with Gasteiger partial charge < -0.3 is 20.5 Å². The summed E-state index contributed by atoms with van der Waals surface area (Å²) >= 11 is 0. The van der Waals surface area contributed by atoms with Crippen LogP contribution >= 0.6 is 0 Å². The Bertz CT molecular complexity index is 1090. The number of hydrogen-bond acceptors (Lipinski definition) is 4. The first-order valence-corrected chi connectivity index (χ1v) is 12.6. The summed E-state index contributed by atoms with van der Waals surface area (Å²) in [5.74, 6) is -1.35. The number of rotatable bonds is 7. The molecule has 0 radical (unpaired) electrons. The van der Waals surface area contributed by atoms with Crippen LogP contribution < -0.4 is 10.6 Å². The number of aliphatic carboxylic acids is 1. The van der Waals surface area contributed by atoms with Crippen molar-refractivity contribution in [2.24, 2.45) is 0 Å². The molecule has 0 aromatic heterocycles.